The van der Waals surface area contributed by atoms with Crippen LogP contribution in [0, 0.1) is 6.92 Å². The highest BCUT2D eigenvalue weighted by molar-refractivity contribution is 8.00. The van der Waals surface area contributed by atoms with Crippen molar-refractivity contribution in [2.24, 2.45) is 0 Å². The minimum atomic E-state index is -0.892. The van der Waals surface area contributed by atoms with Gasteiger partial charge >= 0.3 is 5.97 Å². The Labute approximate surface area is 108 Å². The topological polar surface area (TPSA) is 66.4 Å². The number of carbonyl (C=O) groups is 2. The number of carbonyl (C=O) groups excluding carboxylic acids is 1. The Balaban J connectivity index is 2.12. The van der Waals surface area contributed by atoms with Crippen LogP contribution in [0.4, 0.5) is 0 Å². The van der Waals surface area contributed by atoms with Crippen LogP contribution in [0.25, 0.3) is 0 Å². The van der Waals surface area contributed by atoms with Crippen LogP contribution in [0.15, 0.2) is 11.4 Å². The monoisotopic (exact) mass is 273 g/mol. The SMILES string of the molecule is Cc1ccsc1CCNC(=O)CSCC(=O)O. The molecule has 0 aliphatic carbocycles. The lowest BCUT2D eigenvalue weighted by Crippen LogP contribution is -2.27. The van der Waals surface area contributed by atoms with Gasteiger partial charge in [-0.2, -0.15) is 0 Å². The van der Waals surface area contributed by atoms with Gasteiger partial charge in [-0.1, -0.05) is 0 Å². The van der Waals surface area contributed by atoms with Crippen molar-refractivity contribution in [3.63, 3.8) is 0 Å². The van der Waals surface area contributed by atoms with E-state index in [9.17, 15) is 9.59 Å². The van der Waals surface area contributed by atoms with Crippen LogP contribution < -0.4 is 5.32 Å². The molecule has 0 aliphatic rings. The first-order valence-corrected chi connectivity index (χ1v) is 7.22. The molecule has 2 N–H and O–H groups in total. The summed E-state index contributed by atoms with van der Waals surface area (Å²) in [5, 5.41) is 13.2. The molecule has 1 aromatic rings. The summed E-state index contributed by atoms with van der Waals surface area (Å²) in [6, 6.07) is 2.06. The van der Waals surface area contributed by atoms with Gasteiger partial charge in [0, 0.05) is 11.4 Å². The van der Waals surface area contributed by atoms with Gasteiger partial charge < -0.3 is 10.4 Å². The number of nitrogens with one attached hydrogen (secondary N) is 1. The van der Waals surface area contributed by atoms with Crippen LogP contribution in [0.5, 0.6) is 0 Å². The molecule has 0 aromatic carbocycles. The van der Waals surface area contributed by atoms with Crippen LogP contribution in [0.1, 0.15) is 10.4 Å². The number of rotatable bonds is 7. The zero-order valence-electron chi connectivity index (χ0n) is 9.56. The number of thioether (sulfide) groups is 1. The van der Waals surface area contributed by atoms with Crippen LogP contribution in [0.3, 0.4) is 0 Å². The molecule has 0 saturated heterocycles. The molecule has 94 valence electrons. The molecule has 0 bridgehead atoms. The van der Waals surface area contributed by atoms with Gasteiger partial charge in [-0.25, -0.2) is 0 Å². The highest BCUT2D eigenvalue weighted by Gasteiger charge is 2.04. The van der Waals surface area contributed by atoms with Crippen LogP contribution >= 0.6 is 23.1 Å². The molecule has 1 amide bonds. The van der Waals surface area contributed by atoms with Crippen molar-refractivity contribution in [2.45, 2.75) is 13.3 Å². The van der Waals surface area contributed by atoms with Gasteiger partial charge in [0.05, 0.1) is 11.5 Å². The van der Waals surface area contributed by atoms with E-state index in [1.165, 1.54) is 10.4 Å². The molecule has 17 heavy (non-hydrogen) atoms. The smallest absolute Gasteiger partial charge is 0.313 e. The zero-order chi connectivity index (χ0) is 12.7. The maximum absolute atomic E-state index is 11.3. The second kappa shape index (κ2) is 7.34. The molecule has 0 saturated carbocycles. The molecule has 0 spiro atoms. The average molecular weight is 273 g/mol. The van der Waals surface area contributed by atoms with Gasteiger partial charge in [-0.15, -0.1) is 23.1 Å². The summed E-state index contributed by atoms with van der Waals surface area (Å²) in [5.74, 6) is -0.824. The number of carboxylic acid groups (broad SMARTS) is 1. The molecule has 1 aromatic heterocycles. The first kappa shape index (κ1) is 14.1. The van der Waals surface area contributed by atoms with Crippen LogP contribution in [0.2, 0.25) is 0 Å². The number of aryl methyl sites for hydroxylation is 1. The molecule has 0 unspecified atom stereocenters. The molecular weight excluding hydrogens is 258 g/mol. The Morgan fingerprint density at radius 3 is 2.82 bits per heavy atom. The maximum Gasteiger partial charge on any atom is 0.313 e. The van der Waals surface area contributed by atoms with Gasteiger partial charge in [-0.3, -0.25) is 9.59 Å². The number of hydrogen-bond donors (Lipinski definition) is 2. The van der Waals surface area contributed by atoms with E-state index in [0.29, 0.717) is 6.54 Å². The van der Waals surface area contributed by atoms with E-state index >= 15 is 0 Å². The fraction of sp³-hybridized carbons (Fsp3) is 0.455. The number of aliphatic carboxylic acids is 1. The van der Waals surface area contributed by atoms with E-state index in [2.05, 4.69) is 18.3 Å². The third kappa shape index (κ3) is 5.74. The third-order valence-corrected chi connectivity index (χ3v) is 4.10. The number of hydrogen-bond acceptors (Lipinski definition) is 4. The molecular formula is C11H15NO3S2. The van der Waals surface area contributed by atoms with Gasteiger partial charge in [0.25, 0.3) is 0 Å². The normalized spacial score (nSPS) is 10.2. The van der Waals surface area contributed by atoms with Crippen molar-refractivity contribution in [3.8, 4) is 0 Å². The van der Waals surface area contributed by atoms with Gasteiger partial charge in [0.2, 0.25) is 5.91 Å². The molecule has 1 rings (SSSR count). The summed E-state index contributed by atoms with van der Waals surface area (Å²) in [4.78, 5) is 22.8. The Morgan fingerprint density at radius 1 is 1.47 bits per heavy atom. The lowest BCUT2D eigenvalue weighted by molar-refractivity contribution is -0.133. The first-order valence-electron chi connectivity index (χ1n) is 5.19. The summed E-state index contributed by atoms with van der Waals surface area (Å²) in [5.41, 5.74) is 1.25. The summed E-state index contributed by atoms with van der Waals surface area (Å²) >= 11 is 2.80. The Morgan fingerprint density at radius 2 is 2.24 bits per heavy atom. The second-order valence-electron chi connectivity index (χ2n) is 3.51. The average Bonchev–Trinajstić information content (AvgIpc) is 2.64. The van der Waals surface area contributed by atoms with Gasteiger partial charge in [0.15, 0.2) is 0 Å². The highest BCUT2D eigenvalue weighted by atomic mass is 32.2. The van der Waals surface area contributed by atoms with Crippen molar-refractivity contribution in [2.75, 3.05) is 18.1 Å². The largest absolute Gasteiger partial charge is 0.481 e. The van der Waals surface area contributed by atoms with Crippen molar-refractivity contribution in [3.05, 3.63) is 21.9 Å². The standard InChI is InChI=1S/C11H15NO3S2/c1-8-3-5-17-9(8)2-4-12-10(13)6-16-7-11(14)15/h3,5H,2,4,6-7H2,1H3,(H,12,13)(H,14,15). The Bertz CT molecular complexity index is 390. The zero-order valence-corrected chi connectivity index (χ0v) is 11.2. The third-order valence-electron chi connectivity index (χ3n) is 2.10. The number of amides is 1. The Hall–Kier alpha value is -1.01. The molecule has 1 heterocycles. The highest BCUT2D eigenvalue weighted by Crippen LogP contribution is 2.15. The van der Waals surface area contributed by atoms with Gasteiger partial charge in [0.1, 0.15) is 0 Å². The van der Waals surface area contributed by atoms with E-state index in [1.807, 2.05) is 5.38 Å². The minimum absolute atomic E-state index is 0.0303. The summed E-state index contributed by atoms with van der Waals surface area (Å²) in [6.45, 7) is 2.66. The van der Waals surface area contributed by atoms with E-state index in [0.717, 1.165) is 18.2 Å². The number of carboxylic acids is 1. The van der Waals surface area contributed by atoms with Crippen molar-refractivity contribution >= 4 is 35.0 Å². The molecule has 4 nitrogen and oxygen atoms in total. The first-order chi connectivity index (χ1) is 8.09. The molecule has 0 fully saturated rings. The van der Waals surface area contributed by atoms with E-state index in [1.54, 1.807) is 11.3 Å². The van der Waals surface area contributed by atoms with Crippen LogP contribution in [-0.4, -0.2) is 35.0 Å². The summed E-state index contributed by atoms with van der Waals surface area (Å²) in [6.07, 6.45) is 0.832. The summed E-state index contributed by atoms with van der Waals surface area (Å²) < 4.78 is 0. The second-order valence-corrected chi connectivity index (χ2v) is 5.50. The summed E-state index contributed by atoms with van der Waals surface area (Å²) in [7, 11) is 0. The minimum Gasteiger partial charge on any atom is -0.481 e. The molecule has 6 heteroatoms. The fourth-order valence-electron chi connectivity index (χ4n) is 1.26. The van der Waals surface area contributed by atoms with Crippen molar-refractivity contribution in [1.82, 2.24) is 5.32 Å². The number of thiophene rings is 1. The van der Waals surface area contributed by atoms with Gasteiger partial charge in [-0.05, 0) is 30.4 Å². The van der Waals surface area contributed by atoms with E-state index in [-0.39, 0.29) is 17.4 Å². The van der Waals surface area contributed by atoms with E-state index in [4.69, 9.17) is 5.11 Å². The fourth-order valence-corrected chi connectivity index (χ4v) is 2.73. The Kier molecular flexibility index (Phi) is 6.07. The van der Waals surface area contributed by atoms with Crippen molar-refractivity contribution < 1.29 is 14.7 Å². The quantitative estimate of drug-likeness (QED) is 0.790. The molecule has 0 aliphatic heterocycles. The van der Waals surface area contributed by atoms with Crippen molar-refractivity contribution in [1.29, 1.82) is 0 Å². The lowest BCUT2D eigenvalue weighted by Gasteiger charge is -2.04. The predicted octanol–water partition coefficient (Wildman–Crippen LogP) is 1.53. The maximum atomic E-state index is 11.3. The van der Waals surface area contributed by atoms with E-state index < -0.39 is 5.97 Å². The van der Waals surface area contributed by atoms with Crippen LogP contribution in [-0.2, 0) is 16.0 Å². The predicted molar refractivity (Wildman–Crippen MR) is 70.7 cm³/mol. The molecule has 0 radical (unpaired) electrons. The molecule has 0 atom stereocenters. The lowest BCUT2D eigenvalue weighted by atomic mass is 10.2.